The number of nitrogens with two attached hydrogens (primary N) is 1. The van der Waals surface area contributed by atoms with Crippen LogP contribution in [0.3, 0.4) is 0 Å². The van der Waals surface area contributed by atoms with Gasteiger partial charge in [0, 0.05) is 0 Å². The van der Waals surface area contributed by atoms with Crippen molar-refractivity contribution in [3.05, 3.63) is 54.1 Å². The Morgan fingerprint density at radius 1 is 1.15 bits per heavy atom. The van der Waals surface area contributed by atoms with Gasteiger partial charge in [-0.1, -0.05) is 12.1 Å². The predicted octanol–water partition coefficient (Wildman–Crippen LogP) is 1.52. The number of hydrogen-bond acceptors (Lipinski definition) is 7. The summed E-state index contributed by atoms with van der Waals surface area (Å²) in [5.74, 6) is -1.68. The summed E-state index contributed by atoms with van der Waals surface area (Å²) in [6.45, 7) is 0. The van der Waals surface area contributed by atoms with Gasteiger partial charge in [0.15, 0.2) is 6.04 Å². The molecule has 138 valence electrons. The van der Waals surface area contributed by atoms with Crippen LogP contribution in [0.25, 0.3) is 0 Å². The van der Waals surface area contributed by atoms with Gasteiger partial charge in [-0.05, 0) is 36.4 Å². The van der Waals surface area contributed by atoms with Crippen molar-refractivity contribution < 1.29 is 23.1 Å². The molecule has 0 saturated carbocycles. The molecule has 1 aliphatic rings. The molecule has 0 saturated heterocycles. The second-order valence-corrected chi connectivity index (χ2v) is 7.00. The third-order valence-electron chi connectivity index (χ3n) is 3.62. The van der Waals surface area contributed by atoms with Crippen molar-refractivity contribution in [2.75, 3.05) is 5.01 Å². The minimum Gasteiger partial charge on any atom is -0.478 e. The molecule has 3 N–H and O–H groups in total. The normalized spacial score (nSPS) is 17.0. The van der Waals surface area contributed by atoms with Crippen molar-refractivity contribution in [2.24, 2.45) is 20.5 Å². The SMILES string of the molecule is NS(=O)(=O)c1ccc(N2N=CC(N=Nc3ccccc3C(=O)O)C2=O)cc1. The molecule has 1 unspecified atom stereocenters. The number of anilines is 1. The standard InChI is InChI=1S/C16H13N5O5S/c17-27(25,26)11-7-5-10(6-8-11)21-15(22)14(9-18-21)20-19-13-4-2-1-3-12(13)16(23)24/h1-9,14H,(H,23,24)(H2,17,25,26). The molecule has 1 aliphatic heterocycles. The first-order chi connectivity index (χ1) is 12.8. The molecule has 10 nitrogen and oxygen atoms in total. The van der Waals surface area contributed by atoms with Crippen molar-refractivity contribution in [3.8, 4) is 0 Å². The highest BCUT2D eigenvalue weighted by Crippen LogP contribution is 2.23. The first kappa shape index (κ1) is 18.4. The van der Waals surface area contributed by atoms with Crippen LogP contribution in [0.5, 0.6) is 0 Å². The summed E-state index contributed by atoms with van der Waals surface area (Å²) in [6, 6.07) is 10.2. The topological polar surface area (TPSA) is 155 Å². The fourth-order valence-corrected chi connectivity index (χ4v) is 2.81. The zero-order chi connectivity index (χ0) is 19.6. The van der Waals surface area contributed by atoms with Gasteiger partial charge < -0.3 is 5.11 Å². The number of nitrogens with zero attached hydrogens (tertiary/aromatic N) is 4. The molecule has 1 heterocycles. The number of carboxylic acids is 1. The zero-order valence-electron chi connectivity index (χ0n) is 13.6. The number of benzene rings is 2. The Kier molecular flexibility index (Phi) is 4.79. The van der Waals surface area contributed by atoms with Crippen LogP contribution in [0.15, 0.2) is 68.8 Å². The van der Waals surface area contributed by atoms with Crippen LogP contribution in [0, 0.1) is 0 Å². The lowest BCUT2D eigenvalue weighted by molar-refractivity contribution is -0.117. The molecule has 0 bridgehead atoms. The number of hydrogen-bond donors (Lipinski definition) is 2. The molecule has 0 spiro atoms. The lowest BCUT2D eigenvalue weighted by atomic mass is 10.2. The largest absolute Gasteiger partial charge is 0.478 e. The van der Waals surface area contributed by atoms with E-state index in [2.05, 4.69) is 15.3 Å². The summed E-state index contributed by atoms with van der Waals surface area (Å²) in [5.41, 5.74) is 0.397. The molecule has 0 aliphatic carbocycles. The Hall–Kier alpha value is -3.44. The van der Waals surface area contributed by atoms with E-state index in [4.69, 9.17) is 10.2 Å². The summed E-state index contributed by atoms with van der Waals surface area (Å²) < 4.78 is 22.6. The number of sulfonamides is 1. The highest BCUT2D eigenvalue weighted by atomic mass is 32.2. The molecule has 0 fully saturated rings. The maximum Gasteiger partial charge on any atom is 0.337 e. The molecule has 1 amide bonds. The van der Waals surface area contributed by atoms with Crippen molar-refractivity contribution in [1.82, 2.24) is 0 Å². The maximum absolute atomic E-state index is 12.4. The Labute approximate surface area is 153 Å². The first-order valence-electron chi connectivity index (χ1n) is 7.51. The zero-order valence-corrected chi connectivity index (χ0v) is 14.4. The Morgan fingerprint density at radius 2 is 1.81 bits per heavy atom. The molecule has 0 radical (unpaired) electrons. The molecule has 2 aromatic carbocycles. The molecule has 3 rings (SSSR count). The van der Waals surface area contributed by atoms with E-state index in [1.807, 2.05) is 0 Å². The maximum atomic E-state index is 12.4. The van der Waals surface area contributed by atoms with Gasteiger partial charge in [0.1, 0.15) is 0 Å². The predicted molar refractivity (Wildman–Crippen MR) is 95.5 cm³/mol. The molecule has 27 heavy (non-hydrogen) atoms. The van der Waals surface area contributed by atoms with E-state index in [0.717, 1.165) is 5.01 Å². The highest BCUT2D eigenvalue weighted by molar-refractivity contribution is 7.89. The molecular formula is C16H13N5O5S. The minimum atomic E-state index is -3.84. The quantitative estimate of drug-likeness (QED) is 0.744. The molecule has 11 heteroatoms. The van der Waals surface area contributed by atoms with Crippen LogP contribution in [0.4, 0.5) is 11.4 Å². The van der Waals surface area contributed by atoms with Crippen molar-refractivity contribution >= 4 is 39.5 Å². The van der Waals surface area contributed by atoms with Crippen LogP contribution in [-0.2, 0) is 14.8 Å². The Balaban J connectivity index is 1.78. The third-order valence-corrected chi connectivity index (χ3v) is 4.55. The van der Waals surface area contributed by atoms with Crippen molar-refractivity contribution in [3.63, 3.8) is 0 Å². The summed E-state index contributed by atoms with van der Waals surface area (Å²) in [7, 11) is -3.84. The number of aromatic carboxylic acids is 1. The number of carbonyl (C=O) groups excluding carboxylic acids is 1. The second-order valence-electron chi connectivity index (χ2n) is 5.44. The van der Waals surface area contributed by atoms with Crippen LogP contribution < -0.4 is 10.1 Å². The van der Waals surface area contributed by atoms with E-state index in [1.165, 1.54) is 42.6 Å². The number of carbonyl (C=O) groups is 2. The average Bonchev–Trinajstić information content (AvgIpc) is 3.00. The van der Waals surface area contributed by atoms with Gasteiger partial charge in [-0.25, -0.2) is 18.4 Å². The van der Waals surface area contributed by atoms with Crippen molar-refractivity contribution in [2.45, 2.75) is 10.9 Å². The average molecular weight is 387 g/mol. The van der Waals surface area contributed by atoms with Gasteiger partial charge in [-0.15, -0.1) is 0 Å². The van der Waals surface area contributed by atoms with E-state index in [9.17, 15) is 18.0 Å². The number of carboxylic acid groups (broad SMARTS) is 1. The summed E-state index contributed by atoms with van der Waals surface area (Å²) in [4.78, 5) is 23.5. The van der Waals surface area contributed by atoms with Crippen LogP contribution in [0.1, 0.15) is 10.4 Å². The Morgan fingerprint density at radius 3 is 2.44 bits per heavy atom. The van der Waals surface area contributed by atoms with Crippen LogP contribution in [-0.4, -0.2) is 37.7 Å². The van der Waals surface area contributed by atoms with Crippen LogP contribution in [0.2, 0.25) is 0 Å². The molecule has 2 aromatic rings. The van der Waals surface area contributed by atoms with Gasteiger partial charge in [0.25, 0.3) is 5.91 Å². The lowest BCUT2D eigenvalue weighted by Gasteiger charge is -2.12. The summed E-state index contributed by atoms with van der Waals surface area (Å²) >= 11 is 0. The minimum absolute atomic E-state index is 0.0425. The van der Waals surface area contributed by atoms with E-state index < -0.39 is 27.9 Å². The number of amides is 1. The van der Waals surface area contributed by atoms with E-state index in [0.29, 0.717) is 5.69 Å². The fourth-order valence-electron chi connectivity index (χ4n) is 2.29. The monoisotopic (exact) mass is 387 g/mol. The van der Waals surface area contributed by atoms with Gasteiger partial charge in [-0.3, -0.25) is 4.79 Å². The lowest BCUT2D eigenvalue weighted by Crippen LogP contribution is -2.28. The van der Waals surface area contributed by atoms with E-state index in [-0.39, 0.29) is 16.1 Å². The molecule has 0 aromatic heterocycles. The highest BCUT2D eigenvalue weighted by Gasteiger charge is 2.30. The van der Waals surface area contributed by atoms with Crippen LogP contribution >= 0.6 is 0 Å². The Bertz CT molecular complexity index is 1060. The number of azo groups is 1. The summed E-state index contributed by atoms with van der Waals surface area (Å²) in [6.07, 6.45) is 1.25. The smallest absolute Gasteiger partial charge is 0.337 e. The van der Waals surface area contributed by atoms with Gasteiger partial charge >= 0.3 is 5.97 Å². The number of rotatable bonds is 5. The van der Waals surface area contributed by atoms with E-state index in [1.54, 1.807) is 12.1 Å². The fraction of sp³-hybridized carbons (Fsp3) is 0.0625. The number of hydrazone groups is 1. The van der Waals surface area contributed by atoms with Crippen molar-refractivity contribution in [1.29, 1.82) is 0 Å². The molecular weight excluding hydrogens is 374 g/mol. The van der Waals surface area contributed by atoms with Gasteiger partial charge in [0.2, 0.25) is 10.0 Å². The number of primary sulfonamides is 1. The van der Waals surface area contributed by atoms with Gasteiger partial charge in [-0.2, -0.15) is 20.3 Å². The van der Waals surface area contributed by atoms with Gasteiger partial charge in [0.05, 0.1) is 28.0 Å². The first-order valence-corrected chi connectivity index (χ1v) is 9.06. The third kappa shape index (κ3) is 3.88. The molecule has 1 atom stereocenters. The summed E-state index contributed by atoms with van der Waals surface area (Å²) in [5, 5.41) is 26.8. The second kappa shape index (κ2) is 7.05. The van der Waals surface area contributed by atoms with E-state index >= 15 is 0 Å².